The molecule has 2 aliphatic rings. The van der Waals surface area contributed by atoms with Crippen LogP contribution in [0.1, 0.15) is 46.5 Å². The van der Waals surface area contributed by atoms with Crippen molar-refractivity contribution in [2.45, 2.75) is 58.0 Å². The molecule has 0 aromatic rings. The molecule has 2 rings (SSSR count). The summed E-state index contributed by atoms with van der Waals surface area (Å²) in [5.74, 6) is -3.76. The zero-order chi connectivity index (χ0) is 16.4. The van der Waals surface area contributed by atoms with Gasteiger partial charge in [0.25, 0.3) is 5.92 Å². The van der Waals surface area contributed by atoms with Crippen LogP contribution in [0.15, 0.2) is 0 Å². The summed E-state index contributed by atoms with van der Waals surface area (Å²) in [4.78, 5) is 13.5. The zero-order valence-electron chi connectivity index (χ0n) is 13.8. The standard InChI is InChI=1S/C16H28F2N2O2/c1-15(2,3)22-14(21)20-10-6-13(7-11-20)16(17,18)12-4-8-19-9-5-12/h12-13,19H,4-11H2,1-3H3. The Morgan fingerprint density at radius 3 is 2.05 bits per heavy atom. The van der Waals surface area contributed by atoms with Crippen molar-refractivity contribution < 1.29 is 18.3 Å². The molecule has 1 amide bonds. The number of nitrogens with one attached hydrogen (secondary N) is 1. The largest absolute Gasteiger partial charge is 0.444 e. The number of likely N-dealkylation sites (tertiary alicyclic amines) is 1. The minimum absolute atomic E-state index is 0.357. The Balaban J connectivity index is 1.87. The van der Waals surface area contributed by atoms with Crippen molar-refractivity contribution in [1.82, 2.24) is 10.2 Å². The van der Waals surface area contributed by atoms with E-state index in [4.69, 9.17) is 4.74 Å². The van der Waals surface area contributed by atoms with Crippen LogP contribution in [-0.4, -0.2) is 48.7 Å². The number of carbonyl (C=O) groups is 1. The number of halogens is 2. The second-order valence-electron chi connectivity index (χ2n) is 7.44. The minimum atomic E-state index is -2.62. The molecule has 2 heterocycles. The smallest absolute Gasteiger partial charge is 0.410 e. The molecule has 0 radical (unpaired) electrons. The number of amides is 1. The van der Waals surface area contributed by atoms with Gasteiger partial charge in [0.1, 0.15) is 5.60 Å². The van der Waals surface area contributed by atoms with Crippen LogP contribution in [0.3, 0.4) is 0 Å². The number of piperidine rings is 2. The van der Waals surface area contributed by atoms with Crippen LogP contribution in [0.5, 0.6) is 0 Å². The third-order valence-electron chi connectivity index (χ3n) is 4.57. The maximum absolute atomic E-state index is 14.6. The Labute approximate surface area is 131 Å². The van der Waals surface area contributed by atoms with E-state index in [1.165, 1.54) is 0 Å². The van der Waals surface area contributed by atoms with Crippen LogP contribution in [0.4, 0.5) is 13.6 Å². The molecule has 0 aromatic heterocycles. The fourth-order valence-electron chi connectivity index (χ4n) is 3.31. The lowest BCUT2D eigenvalue weighted by Gasteiger charge is -2.40. The van der Waals surface area contributed by atoms with Gasteiger partial charge in [0, 0.05) is 24.9 Å². The Kier molecular flexibility index (Phi) is 5.30. The molecular formula is C16H28F2N2O2. The van der Waals surface area contributed by atoms with Gasteiger partial charge in [-0.15, -0.1) is 0 Å². The van der Waals surface area contributed by atoms with Crippen molar-refractivity contribution in [1.29, 1.82) is 0 Å². The van der Waals surface area contributed by atoms with E-state index in [-0.39, 0.29) is 0 Å². The number of carbonyl (C=O) groups excluding carboxylic acids is 1. The van der Waals surface area contributed by atoms with Gasteiger partial charge >= 0.3 is 6.09 Å². The van der Waals surface area contributed by atoms with E-state index in [0.717, 1.165) is 0 Å². The van der Waals surface area contributed by atoms with Crippen LogP contribution in [0, 0.1) is 11.8 Å². The first-order chi connectivity index (χ1) is 10.2. The molecular weight excluding hydrogens is 290 g/mol. The molecule has 4 nitrogen and oxygen atoms in total. The molecule has 6 heteroatoms. The van der Waals surface area contributed by atoms with Gasteiger partial charge in [0.15, 0.2) is 0 Å². The molecule has 0 aliphatic carbocycles. The number of hydrogen-bond donors (Lipinski definition) is 1. The summed E-state index contributed by atoms with van der Waals surface area (Å²) < 4.78 is 34.6. The zero-order valence-corrected chi connectivity index (χ0v) is 13.8. The summed E-state index contributed by atoms with van der Waals surface area (Å²) >= 11 is 0. The third kappa shape index (κ3) is 4.31. The van der Waals surface area contributed by atoms with E-state index in [1.807, 2.05) is 20.8 Å². The van der Waals surface area contributed by atoms with Crippen molar-refractivity contribution in [3.05, 3.63) is 0 Å². The second kappa shape index (κ2) is 6.69. The Morgan fingerprint density at radius 2 is 1.55 bits per heavy atom. The quantitative estimate of drug-likeness (QED) is 0.849. The fourth-order valence-corrected chi connectivity index (χ4v) is 3.31. The SMILES string of the molecule is CC(C)(C)OC(=O)N1CCC(C(F)(F)C2CCNCC2)CC1. The lowest BCUT2D eigenvalue weighted by atomic mass is 9.79. The summed E-state index contributed by atoms with van der Waals surface area (Å²) in [7, 11) is 0. The van der Waals surface area contributed by atoms with E-state index in [1.54, 1.807) is 4.90 Å². The number of alkyl halides is 2. The molecule has 0 bridgehead atoms. The highest BCUT2D eigenvalue weighted by atomic mass is 19.3. The number of nitrogens with zero attached hydrogens (tertiary/aromatic N) is 1. The van der Waals surface area contributed by atoms with Crippen LogP contribution < -0.4 is 5.32 Å². The van der Waals surface area contributed by atoms with Crippen LogP contribution in [0.2, 0.25) is 0 Å². The third-order valence-corrected chi connectivity index (χ3v) is 4.57. The number of hydrogen-bond acceptors (Lipinski definition) is 3. The lowest BCUT2D eigenvalue weighted by Crippen LogP contribution is -2.48. The maximum atomic E-state index is 14.6. The van der Waals surface area contributed by atoms with E-state index >= 15 is 0 Å². The summed E-state index contributed by atoms with van der Waals surface area (Å²) in [5.41, 5.74) is -0.549. The minimum Gasteiger partial charge on any atom is -0.444 e. The van der Waals surface area contributed by atoms with Crippen molar-refractivity contribution in [3.8, 4) is 0 Å². The average molecular weight is 318 g/mol. The molecule has 22 heavy (non-hydrogen) atoms. The molecule has 1 N–H and O–H groups in total. The van der Waals surface area contributed by atoms with Crippen LogP contribution in [-0.2, 0) is 4.74 Å². The molecule has 2 aliphatic heterocycles. The number of ether oxygens (including phenoxy) is 1. The Morgan fingerprint density at radius 1 is 1.05 bits per heavy atom. The van der Waals surface area contributed by atoms with Crippen molar-refractivity contribution in [3.63, 3.8) is 0 Å². The van der Waals surface area contributed by atoms with Gasteiger partial charge in [0.05, 0.1) is 0 Å². The first-order valence-electron chi connectivity index (χ1n) is 8.26. The van der Waals surface area contributed by atoms with Crippen molar-refractivity contribution >= 4 is 6.09 Å². The van der Waals surface area contributed by atoms with Crippen LogP contribution in [0.25, 0.3) is 0 Å². The van der Waals surface area contributed by atoms with Gasteiger partial charge in [-0.3, -0.25) is 0 Å². The van der Waals surface area contributed by atoms with E-state index in [9.17, 15) is 13.6 Å². The molecule has 0 unspecified atom stereocenters. The van der Waals surface area contributed by atoms with Gasteiger partial charge in [-0.05, 0) is 59.5 Å². The highest BCUT2D eigenvalue weighted by Gasteiger charge is 2.48. The highest BCUT2D eigenvalue weighted by molar-refractivity contribution is 5.68. The molecule has 0 spiro atoms. The summed E-state index contributed by atoms with van der Waals surface area (Å²) in [5, 5.41) is 3.13. The molecule has 2 fully saturated rings. The van der Waals surface area contributed by atoms with Gasteiger partial charge in [-0.1, -0.05) is 0 Å². The van der Waals surface area contributed by atoms with Crippen LogP contribution >= 0.6 is 0 Å². The summed E-state index contributed by atoms with van der Waals surface area (Å²) in [6.45, 7) is 7.50. The number of rotatable bonds is 2. The van der Waals surface area contributed by atoms with Crippen molar-refractivity contribution in [2.75, 3.05) is 26.2 Å². The summed E-state index contributed by atoms with van der Waals surface area (Å²) in [6.07, 6.45) is 1.40. The van der Waals surface area contributed by atoms with E-state index < -0.39 is 29.5 Å². The fraction of sp³-hybridized carbons (Fsp3) is 0.938. The van der Waals surface area contributed by atoms with Gasteiger partial charge in [-0.25, -0.2) is 13.6 Å². The monoisotopic (exact) mass is 318 g/mol. The maximum Gasteiger partial charge on any atom is 0.410 e. The van der Waals surface area contributed by atoms with Gasteiger partial charge in [0.2, 0.25) is 0 Å². The van der Waals surface area contributed by atoms with E-state index in [2.05, 4.69) is 5.32 Å². The lowest BCUT2D eigenvalue weighted by molar-refractivity contribution is -0.130. The van der Waals surface area contributed by atoms with Gasteiger partial charge < -0.3 is 15.0 Å². The molecule has 2 saturated heterocycles. The Hall–Kier alpha value is -0.910. The molecule has 0 atom stereocenters. The normalized spacial score (nSPS) is 22.7. The predicted molar refractivity (Wildman–Crippen MR) is 81.1 cm³/mol. The molecule has 0 aromatic carbocycles. The average Bonchev–Trinajstić information content (AvgIpc) is 2.46. The first-order valence-corrected chi connectivity index (χ1v) is 8.26. The topological polar surface area (TPSA) is 41.6 Å². The van der Waals surface area contributed by atoms with Gasteiger partial charge in [-0.2, -0.15) is 0 Å². The molecule has 0 saturated carbocycles. The highest BCUT2D eigenvalue weighted by Crippen LogP contribution is 2.42. The second-order valence-corrected chi connectivity index (χ2v) is 7.44. The Bertz CT molecular complexity index is 382. The van der Waals surface area contributed by atoms with E-state index in [0.29, 0.717) is 51.9 Å². The summed E-state index contributed by atoms with van der Waals surface area (Å²) in [6, 6.07) is 0. The van der Waals surface area contributed by atoms with Crippen molar-refractivity contribution in [2.24, 2.45) is 11.8 Å². The first kappa shape index (κ1) is 17.4. The molecule has 128 valence electrons. The predicted octanol–water partition coefficient (Wildman–Crippen LogP) is 3.27.